The van der Waals surface area contributed by atoms with Gasteiger partial charge in [0.2, 0.25) is 5.95 Å². The van der Waals surface area contributed by atoms with E-state index in [1.165, 1.54) is 0 Å². The Hall–Kier alpha value is -3.40. The van der Waals surface area contributed by atoms with Gasteiger partial charge < -0.3 is 30.1 Å². The number of hydrogen-bond acceptors (Lipinski definition) is 9. The Labute approximate surface area is 220 Å². The van der Waals surface area contributed by atoms with Crippen molar-refractivity contribution in [1.82, 2.24) is 9.97 Å². The van der Waals surface area contributed by atoms with Crippen LogP contribution in [0.15, 0.2) is 47.8 Å². The Morgan fingerprint density at radius 1 is 1.08 bits per heavy atom. The second kappa shape index (κ2) is 8.86. The summed E-state index contributed by atoms with van der Waals surface area (Å²) < 4.78 is 11.1. The number of hydrogen-bond donors (Lipinski definition) is 3. The van der Waals surface area contributed by atoms with Gasteiger partial charge in [-0.15, -0.1) is 11.3 Å². The van der Waals surface area contributed by atoms with Gasteiger partial charge in [0.05, 0.1) is 42.4 Å². The number of aryl methyl sites for hydroxylation is 1. The smallest absolute Gasteiger partial charge is 0.230 e. The molecule has 2 aliphatic rings. The molecule has 4 heterocycles. The van der Waals surface area contributed by atoms with Crippen molar-refractivity contribution in [3.63, 3.8) is 0 Å². The summed E-state index contributed by atoms with van der Waals surface area (Å²) >= 11 is 1.59. The minimum absolute atomic E-state index is 0.333. The number of nitrogens with zero attached hydrogens (tertiary/aromatic N) is 3. The average Bonchev–Trinajstić information content (AvgIpc) is 3.18. The fourth-order valence-electron chi connectivity index (χ4n) is 5.00. The Kier molecular flexibility index (Phi) is 5.74. The summed E-state index contributed by atoms with van der Waals surface area (Å²) in [5, 5.41) is 20.4. The SMILES string of the molecule is COc1cc(Nc2nc(Nc3cccc(C(C)(C)O)c3)c3c(C)csc3n2)ccc1N1CC2(COC2)C1. The number of nitrogens with one attached hydrogen (secondary N) is 2. The van der Waals surface area contributed by atoms with E-state index < -0.39 is 5.60 Å². The van der Waals surface area contributed by atoms with Gasteiger partial charge in [-0.1, -0.05) is 12.1 Å². The number of aliphatic hydroxyl groups is 1. The molecule has 0 bridgehead atoms. The highest BCUT2D eigenvalue weighted by Crippen LogP contribution is 2.44. The van der Waals surface area contributed by atoms with E-state index in [9.17, 15) is 5.11 Å². The first-order chi connectivity index (χ1) is 17.7. The third-order valence-electron chi connectivity index (χ3n) is 7.09. The highest BCUT2D eigenvalue weighted by molar-refractivity contribution is 7.17. The third kappa shape index (κ3) is 4.47. The van der Waals surface area contributed by atoms with Gasteiger partial charge in [0, 0.05) is 30.5 Å². The summed E-state index contributed by atoms with van der Waals surface area (Å²) in [5.74, 6) is 2.03. The molecule has 9 heteroatoms. The van der Waals surface area contributed by atoms with E-state index in [4.69, 9.17) is 19.4 Å². The summed E-state index contributed by atoms with van der Waals surface area (Å²) in [4.78, 5) is 12.9. The van der Waals surface area contributed by atoms with Crippen molar-refractivity contribution in [3.05, 3.63) is 59.0 Å². The maximum absolute atomic E-state index is 10.4. The lowest BCUT2D eigenvalue weighted by atomic mass is 9.77. The third-order valence-corrected chi connectivity index (χ3v) is 8.08. The topological polar surface area (TPSA) is 91.8 Å². The Morgan fingerprint density at radius 3 is 2.57 bits per heavy atom. The number of ether oxygens (including phenoxy) is 2. The first kappa shape index (κ1) is 24.0. The molecule has 2 aliphatic heterocycles. The number of rotatable bonds is 7. The number of thiophene rings is 1. The van der Waals surface area contributed by atoms with Crippen LogP contribution in [0.5, 0.6) is 5.75 Å². The molecule has 192 valence electrons. The second-order valence-electron chi connectivity index (χ2n) is 10.6. The van der Waals surface area contributed by atoms with E-state index in [2.05, 4.69) is 33.9 Å². The number of anilines is 5. The zero-order chi connectivity index (χ0) is 25.8. The number of aromatic nitrogens is 2. The number of benzene rings is 2. The summed E-state index contributed by atoms with van der Waals surface area (Å²) in [5.41, 5.74) is 4.13. The van der Waals surface area contributed by atoms with Crippen LogP contribution < -0.4 is 20.3 Å². The molecule has 2 aromatic heterocycles. The molecule has 2 saturated heterocycles. The highest BCUT2D eigenvalue weighted by Gasteiger charge is 2.49. The molecule has 4 aromatic rings. The molecule has 2 fully saturated rings. The van der Waals surface area contributed by atoms with Crippen LogP contribution in [0.25, 0.3) is 10.2 Å². The lowest BCUT2D eigenvalue weighted by Crippen LogP contribution is -2.66. The molecule has 0 unspecified atom stereocenters. The van der Waals surface area contributed by atoms with E-state index in [0.717, 1.165) is 76.3 Å². The highest BCUT2D eigenvalue weighted by atomic mass is 32.1. The molecule has 2 aromatic carbocycles. The first-order valence-electron chi connectivity index (χ1n) is 12.4. The average molecular weight is 518 g/mol. The van der Waals surface area contributed by atoms with E-state index in [-0.39, 0.29) is 0 Å². The van der Waals surface area contributed by atoms with Crippen LogP contribution in [0, 0.1) is 12.3 Å². The minimum atomic E-state index is -0.933. The van der Waals surface area contributed by atoms with Gasteiger partial charge in [-0.25, -0.2) is 4.98 Å². The molecule has 0 radical (unpaired) electrons. The van der Waals surface area contributed by atoms with E-state index >= 15 is 0 Å². The normalized spacial score (nSPS) is 16.4. The van der Waals surface area contributed by atoms with Crippen LogP contribution in [0.2, 0.25) is 0 Å². The molecule has 0 atom stereocenters. The molecule has 8 nitrogen and oxygen atoms in total. The summed E-state index contributed by atoms with van der Waals surface area (Å²) in [7, 11) is 1.70. The minimum Gasteiger partial charge on any atom is -0.495 e. The second-order valence-corrected chi connectivity index (χ2v) is 11.5. The van der Waals surface area contributed by atoms with Gasteiger partial charge in [0.1, 0.15) is 16.4 Å². The molecule has 0 saturated carbocycles. The van der Waals surface area contributed by atoms with Crippen LogP contribution in [0.4, 0.5) is 28.8 Å². The van der Waals surface area contributed by atoms with Crippen LogP contribution in [0.3, 0.4) is 0 Å². The fraction of sp³-hybridized carbons (Fsp3) is 0.357. The monoisotopic (exact) mass is 517 g/mol. The largest absolute Gasteiger partial charge is 0.495 e. The van der Waals surface area contributed by atoms with Crippen LogP contribution >= 0.6 is 11.3 Å². The van der Waals surface area contributed by atoms with Crippen molar-refractivity contribution < 1.29 is 14.6 Å². The quantitative estimate of drug-likeness (QED) is 0.294. The molecule has 6 rings (SSSR count). The van der Waals surface area contributed by atoms with Crippen molar-refractivity contribution >= 4 is 50.4 Å². The fourth-order valence-corrected chi connectivity index (χ4v) is 5.92. The lowest BCUT2D eigenvalue weighted by Gasteiger charge is -2.56. The van der Waals surface area contributed by atoms with Gasteiger partial charge >= 0.3 is 0 Å². The maximum atomic E-state index is 10.4. The summed E-state index contributed by atoms with van der Waals surface area (Å²) in [6, 6.07) is 13.9. The van der Waals surface area contributed by atoms with Crippen molar-refractivity contribution in [3.8, 4) is 5.75 Å². The number of methoxy groups -OCH3 is 1. The van der Waals surface area contributed by atoms with Gasteiger partial charge in [-0.2, -0.15) is 4.98 Å². The molecular formula is C28H31N5O3S. The standard InChI is InChI=1S/C28H31N5O3S/c1-17-12-37-25-23(17)24(29-19-7-5-6-18(10-19)27(2,3)34)31-26(32-25)30-20-8-9-21(22(11-20)35-4)33-13-28(14-33)15-36-16-28/h5-12,34H,13-16H2,1-4H3,(H2,29,30,31,32). The molecule has 1 spiro atoms. The van der Waals surface area contributed by atoms with Gasteiger partial charge in [-0.05, 0) is 61.5 Å². The predicted octanol–water partition coefficient (Wildman–Crippen LogP) is 5.56. The molecular weight excluding hydrogens is 486 g/mol. The summed E-state index contributed by atoms with van der Waals surface area (Å²) in [6.07, 6.45) is 0. The van der Waals surface area contributed by atoms with E-state index in [0.29, 0.717) is 11.4 Å². The number of fused-ring (bicyclic) bond motifs is 1. The van der Waals surface area contributed by atoms with E-state index in [1.807, 2.05) is 36.4 Å². The Morgan fingerprint density at radius 2 is 1.86 bits per heavy atom. The molecule has 37 heavy (non-hydrogen) atoms. The first-order valence-corrected chi connectivity index (χ1v) is 13.2. The zero-order valence-corrected chi connectivity index (χ0v) is 22.3. The van der Waals surface area contributed by atoms with Crippen LogP contribution in [0.1, 0.15) is 25.0 Å². The van der Waals surface area contributed by atoms with Crippen molar-refractivity contribution in [2.75, 3.05) is 48.9 Å². The van der Waals surface area contributed by atoms with Gasteiger partial charge in [0.15, 0.2) is 0 Å². The lowest BCUT2D eigenvalue weighted by molar-refractivity contribution is -0.127. The van der Waals surface area contributed by atoms with Crippen LogP contribution in [-0.4, -0.2) is 48.5 Å². The molecule has 0 aliphatic carbocycles. The molecule has 0 amide bonds. The summed E-state index contributed by atoms with van der Waals surface area (Å²) in [6.45, 7) is 9.32. The Bertz CT molecular complexity index is 1470. The predicted molar refractivity (Wildman–Crippen MR) is 149 cm³/mol. The van der Waals surface area contributed by atoms with Crippen LogP contribution in [-0.2, 0) is 10.3 Å². The Balaban J connectivity index is 1.28. The maximum Gasteiger partial charge on any atom is 0.230 e. The van der Waals surface area contributed by atoms with Crippen molar-refractivity contribution in [2.24, 2.45) is 5.41 Å². The van der Waals surface area contributed by atoms with E-state index in [1.54, 1.807) is 32.3 Å². The molecule has 3 N–H and O–H groups in total. The van der Waals surface area contributed by atoms with Gasteiger partial charge in [-0.3, -0.25) is 0 Å². The van der Waals surface area contributed by atoms with Crippen molar-refractivity contribution in [1.29, 1.82) is 0 Å². The van der Waals surface area contributed by atoms with Gasteiger partial charge in [0.25, 0.3) is 0 Å². The zero-order valence-electron chi connectivity index (χ0n) is 21.5. The van der Waals surface area contributed by atoms with Crippen molar-refractivity contribution in [2.45, 2.75) is 26.4 Å².